The van der Waals surface area contributed by atoms with E-state index >= 15 is 0 Å². The van der Waals surface area contributed by atoms with Crippen LogP contribution in [0.4, 0.5) is 0 Å². The smallest absolute Gasteiger partial charge is 0.0331 e. The average Bonchev–Trinajstić information content (AvgIpc) is 2.31. The van der Waals surface area contributed by atoms with Crippen LogP contribution < -0.4 is 5.32 Å². The lowest BCUT2D eigenvalue weighted by Gasteiger charge is -2.45. The molecular weight excluding hydrogens is 196 g/mol. The molecular formula is C14H28N2. The third-order valence-electron chi connectivity index (χ3n) is 3.88. The number of hydrogen-bond acceptors (Lipinski definition) is 2. The largest absolute Gasteiger partial charge is 0.315 e. The molecule has 0 aromatic carbocycles. The Hall–Kier alpha value is -0.520. The monoisotopic (exact) mass is 224 g/mol. The molecule has 2 atom stereocenters. The molecule has 0 bridgehead atoms. The van der Waals surface area contributed by atoms with E-state index in [2.05, 4.69) is 43.8 Å². The maximum absolute atomic E-state index is 5.37. The summed E-state index contributed by atoms with van der Waals surface area (Å²) in [6.07, 6.45) is 8.41. The van der Waals surface area contributed by atoms with E-state index in [4.69, 9.17) is 6.42 Å². The summed E-state index contributed by atoms with van der Waals surface area (Å²) in [5.74, 6) is 2.75. The summed E-state index contributed by atoms with van der Waals surface area (Å²) in [4.78, 5) is 2.53. The van der Waals surface area contributed by atoms with Crippen molar-refractivity contribution in [1.29, 1.82) is 0 Å². The van der Waals surface area contributed by atoms with Gasteiger partial charge in [-0.3, -0.25) is 4.90 Å². The predicted molar refractivity (Wildman–Crippen MR) is 72.5 cm³/mol. The number of terminal acetylenes is 1. The van der Waals surface area contributed by atoms with Gasteiger partial charge >= 0.3 is 0 Å². The lowest BCUT2D eigenvalue weighted by molar-refractivity contribution is 0.0703. The fourth-order valence-electron chi connectivity index (χ4n) is 2.63. The summed E-state index contributed by atoms with van der Waals surface area (Å²) >= 11 is 0. The van der Waals surface area contributed by atoms with Crippen molar-refractivity contribution in [3.63, 3.8) is 0 Å². The van der Waals surface area contributed by atoms with E-state index in [0.29, 0.717) is 6.04 Å². The third-order valence-corrected chi connectivity index (χ3v) is 3.88. The molecule has 0 fully saturated rings. The molecule has 0 radical (unpaired) electrons. The predicted octanol–water partition coefficient (Wildman–Crippen LogP) is 2.50. The van der Waals surface area contributed by atoms with Crippen LogP contribution in [-0.2, 0) is 0 Å². The van der Waals surface area contributed by atoms with Crippen molar-refractivity contribution in [2.45, 2.75) is 58.5 Å². The number of hydrogen-bond donors (Lipinski definition) is 1. The first-order chi connectivity index (χ1) is 7.60. The molecule has 0 aliphatic rings. The molecule has 0 aromatic rings. The Morgan fingerprint density at radius 3 is 2.19 bits per heavy atom. The van der Waals surface area contributed by atoms with Gasteiger partial charge < -0.3 is 5.32 Å². The van der Waals surface area contributed by atoms with Crippen molar-refractivity contribution in [2.24, 2.45) is 0 Å². The zero-order chi connectivity index (χ0) is 12.6. The minimum atomic E-state index is 0.203. The van der Waals surface area contributed by atoms with Crippen LogP contribution in [0.5, 0.6) is 0 Å². The maximum Gasteiger partial charge on any atom is 0.0331 e. The highest BCUT2D eigenvalue weighted by Crippen LogP contribution is 2.26. The molecule has 0 spiro atoms. The van der Waals surface area contributed by atoms with Crippen LogP contribution in [-0.4, -0.2) is 36.6 Å². The fourth-order valence-corrected chi connectivity index (χ4v) is 2.63. The molecule has 2 heteroatoms. The number of likely N-dealkylation sites (N-methyl/N-ethyl adjacent to an activating group) is 2. The SMILES string of the molecule is C#CCCC(NC)C(C)(CC)N(CC)CC. The minimum Gasteiger partial charge on any atom is -0.315 e. The van der Waals surface area contributed by atoms with E-state index in [0.717, 1.165) is 32.4 Å². The van der Waals surface area contributed by atoms with Gasteiger partial charge in [-0.1, -0.05) is 20.8 Å². The van der Waals surface area contributed by atoms with Crippen LogP contribution in [0.15, 0.2) is 0 Å². The van der Waals surface area contributed by atoms with Crippen LogP contribution in [0.2, 0.25) is 0 Å². The van der Waals surface area contributed by atoms with E-state index in [1.54, 1.807) is 0 Å². The Bertz CT molecular complexity index is 215. The number of nitrogens with zero attached hydrogens (tertiary/aromatic N) is 1. The summed E-state index contributed by atoms with van der Waals surface area (Å²) in [5, 5.41) is 3.44. The van der Waals surface area contributed by atoms with Gasteiger partial charge in [-0.15, -0.1) is 12.3 Å². The summed E-state index contributed by atoms with van der Waals surface area (Å²) in [5.41, 5.74) is 0.203. The Morgan fingerprint density at radius 2 is 1.88 bits per heavy atom. The molecule has 0 aromatic heterocycles. The van der Waals surface area contributed by atoms with E-state index in [1.165, 1.54) is 0 Å². The highest BCUT2D eigenvalue weighted by molar-refractivity contribution is 4.97. The molecule has 0 aliphatic carbocycles. The summed E-state index contributed by atoms with van der Waals surface area (Å²) in [6.45, 7) is 11.2. The molecule has 0 heterocycles. The molecule has 0 amide bonds. The summed E-state index contributed by atoms with van der Waals surface area (Å²) in [7, 11) is 2.04. The van der Waals surface area contributed by atoms with Crippen molar-refractivity contribution in [3.8, 4) is 12.3 Å². The summed E-state index contributed by atoms with van der Waals surface area (Å²) in [6, 6.07) is 0.466. The quantitative estimate of drug-likeness (QED) is 0.637. The van der Waals surface area contributed by atoms with Gasteiger partial charge in [-0.2, -0.15) is 0 Å². The molecule has 0 saturated carbocycles. The van der Waals surface area contributed by atoms with Gasteiger partial charge in [0.1, 0.15) is 0 Å². The molecule has 1 N–H and O–H groups in total. The van der Waals surface area contributed by atoms with Gasteiger partial charge in [-0.05, 0) is 39.9 Å². The average molecular weight is 224 g/mol. The normalized spacial score (nSPS) is 16.8. The molecule has 0 rings (SSSR count). The van der Waals surface area contributed by atoms with Crippen LogP contribution in [0, 0.1) is 12.3 Å². The third kappa shape index (κ3) is 3.50. The van der Waals surface area contributed by atoms with Crippen molar-refractivity contribution in [1.82, 2.24) is 10.2 Å². The van der Waals surface area contributed by atoms with Crippen LogP contribution in [0.1, 0.15) is 47.0 Å². The zero-order valence-corrected chi connectivity index (χ0v) is 11.6. The van der Waals surface area contributed by atoms with Gasteiger partial charge in [0.05, 0.1) is 0 Å². The Labute approximate surface area is 102 Å². The maximum atomic E-state index is 5.37. The topological polar surface area (TPSA) is 15.3 Å². The van der Waals surface area contributed by atoms with Gasteiger partial charge in [0, 0.05) is 18.0 Å². The molecule has 0 saturated heterocycles. The molecule has 2 unspecified atom stereocenters. The van der Waals surface area contributed by atoms with Crippen molar-refractivity contribution < 1.29 is 0 Å². The fraction of sp³-hybridized carbons (Fsp3) is 0.857. The van der Waals surface area contributed by atoms with Gasteiger partial charge in [-0.25, -0.2) is 0 Å². The van der Waals surface area contributed by atoms with Crippen molar-refractivity contribution in [3.05, 3.63) is 0 Å². The molecule has 94 valence electrons. The molecule has 2 nitrogen and oxygen atoms in total. The van der Waals surface area contributed by atoms with Gasteiger partial charge in [0.15, 0.2) is 0 Å². The Balaban J connectivity index is 4.80. The van der Waals surface area contributed by atoms with Crippen LogP contribution in [0.25, 0.3) is 0 Å². The van der Waals surface area contributed by atoms with Crippen LogP contribution >= 0.6 is 0 Å². The second kappa shape index (κ2) is 7.70. The van der Waals surface area contributed by atoms with E-state index in [1.807, 2.05) is 7.05 Å². The van der Waals surface area contributed by atoms with E-state index < -0.39 is 0 Å². The van der Waals surface area contributed by atoms with Crippen molar-refractivity contribution in [2.75, 3.05) is 20.1 Å². The Morgan fingerprint density at radius 1 is 1.31 bits per heavy atom. The van der Waals surface area contributed by atoms with E-state index in [-0.39, 0.29) is 5.54 Å². The number of nitrogens with one attached hydrogen (secondary N) is 1. The minimum absolute atomic E-state index is 0.203. The van der Waals surface area contributed by atoms with Crippen LogP contribution in [0.3, 0.4) is 0 Å². The first-order valence-corrected chi connectivity index (χ1v) is 6.46. The first-order valence-electron chi connectivity index (χ1n) is 6.46. The Kier molecular flexibility index (Phi) is 7.45. The zero-order valence-electron chi connectivity index (χ0n) is 11.6. The first kappa shape index (κ1) is 15.5. The van der Waals surface area contributed by atoms with Gasteiger partial charge in [0.25, 0.3) is 0 Å². The molecule has 16 heavy (non-hydrogen) atoms. The highest BCUT2D eigenvalue weighted by atomic mass is 15.2. The van der Waals surface area contributed by atoms with E-state index in [9.17, 15) is 0 Å². The summed E-state index contributed by atoms with van der Waals surface area (Å²) < 4.78 is 0. The second-order valence-corrected chi connectivity index (χ2v) is 4.47. The highest BCUT2D eigenvalue weighted by Gasteiger charge is 2.35. The van der Waals surface area contributed by atoms with Gasteiger partial charge in [0.2, 0.25) is 0 Å². The number of rotatable bonds is 8. The lowest BCUT2D eigenvalue weighted by atomic mass is 9.84. The van der Waals surface area contributed by atoms with Crippen molar-refractivity contribution >= 4 is 0 Å². The standard InChI is InChI=1S/C14H28N2/c1-7-11-12-13(15-6)14(5,8-2)16(9-3)10-4/h1,13,15H,8-12H2,2-6H3. The lowest BCUT2D eigenvalue weighted by Crippen LogP contribution is -2.58. The molecule has 0 aliphatic heterocycles. The second-order valence-electron chi connectivity index (χ2n) is 4.47.